The molecule has 174 valence electrons. The topological polar surface area (TPSA) is 9.23 Å². The van der Waals surface area contributed by atoms with Gasteiger partial charge in [-0.3, -0.25) is 0 Å². The second kappa shape index (κ2) is 9.80. The third kappa shape index (κ3) is 5.81. The van der Waals surface area contributed by atoms with Gasteiger partial charge in [-0.1, -0.05) is 50.7 Å². The van der Waals surface area contributed by atoms with Crippen LogP contribution in [0.4, 0.5) is 22.0 Å². The Morgan fingerprint density at radius 1 is 0.750 bits per heavy atom. The Morgan fingerprint density at radius 3 is 1.81 bits per heavy atom. The standard InChI is InChI=1S/C26H29F5O/c27-23-15-21(19-9-7-18(8-10-19)6-5-17-3-1-2-4-17)16-24(28)25(23)20-11-13-22(14-12-20)32-26(29,30)31/h11-19H,1-10H2/t18-,19-. The average Bonchev–Trinajstić information content (AvgIpc) is 3.26. The zero-order chi connectivity index (χ0) is 22.7. The Labute approximate surface area is 186 Å². The highest BCUT2D eigenvalue weighted by Crippen LogP contribution is 2.41. The molecular weight excluding hydrogens is 423 g/mol. The third-order valence-corrected chi connectivity index (χ3v) is 7.22. The van der Waals surface area contributed by atoms with Crippen LogP contribution in [0.15, 0.2) is 36.4 Å². The second-order valence-corrected chi connectivity index (χ2v) is 9.38. The van der Waals surface area contributed by atoms with Gasteiger partial charge in [0.15, 0.2) is 0 Å². The van der Waals surface area contributed by atoms with Crippen LogP contribution >= 0.6 is 0 Å². The lowest BCUT2D eigenvalue weighted by Crippen LogP contribution is -2.17. The van der Waals surface area contributed by atoms with Crippen LogP contribution < -0.4 is 4.74 Å². The van der Waals surface area contributed by atoms with E-state index in [4.69, 9.17) is 0 Å². The minimum atomic E-state index is -4.81. The Morgan fingerprint density at radius 2 is 1.28 bits per heavy atom. The van der Waals surface area contributed by atoms with Crippen molar-refractivity contribution in [2.24, 2.45) is 11.8 Å². The van der Waals surface area contributed by atoms with Gasteiger partial charge in [0.1, 0.15) is 17.4 Å². The molecule has 1 nitrogen and oxygen atoms in total. The average molecular weight is 453 g/mol. The van der Waals surface area contributed by atoms with Gasteiger partial charge in [0, 0.05) is 0 Å². The number of hydrogen-bond donors (Lipinski definition) is 0. The van der Waals surface area contributed by atoms with Crippen molar-refractivity contribution in [3.05, 3.63) is 53.6 Å². The summed E-state index contributed by atoms with van der Waals surface area (Å²) in [4.78, 5) is 0. The van der Waals surface area contributed by atoms with Gasteiger partial charge in [-0.25, -0.2) is 8.78 Å². The molecule has 2 aromatic rings. The molecule has 6 heteroatoms. The Balaban J connectivity index is 1.38. The molecule has 0 atom stereocenters. The highest BCUT2D eigenvalue weighted by molar-refractivity contribution is 5.66. The van der Waals surface area contributed by atoms with E-state index in [0.29, 0.717) is 5.56 Å². The van der Waals surface area contributed by atoms with E-state index in [1.807, 2.05) is 0 Å². The third-order valence-electron chi connectivity index (χ3n) is 7.22. The summed E-state index contributed by atoms with van der Waals surface area (Å²) in [6.45, 7) is 0. The molecule has 2 saturated carbocycles. The molecule has 0 amide bonds. The second-order valence-electron chi connectivity index (χ2n) is 9.38. The normalized spacial score (nSPS) is 22.3. The number of rotatable bonds is 6. The molecule has 0 bridgehead atoms. The van der Waals surface area contributed by atoms with Crippen molar-refractivity contribution in [2.75, 3.05) is 0 Å². The highest BCUT2D eigenvalue weighted by Gasteiger charge is 2.31. The zero-order valence-electron chi connectivity index (χ0n) is 18.1. The Bertz CT molecular complexity index is 868. The Hall–Kier alpha value is -2.11. The quantitative estimate of drug-likeness (QED) is 0.398. The molecule has 2 aliphatic rings. The first-order valence-electron chi connectivity index (χ1n) is 11.6. The van der Waals surface area contributed by atoms with Crippen LogP contribution in [0.25, 0.3) is 11.1 Å². The zero-order valence-corrected chi connectivity index (χ0v) is 18.1. The van der Waals surface area contributed by atoms with E-state index in [1.165, 1.54) is 62.8 Å². The first kappa shape index (κ1) is 23.1. The van der Waals surface area contributed by atoms with E-state index < -0.39 is 23.7 Å². The molecule has 2 aliphatic carbocycles. The molecule has 4 rings (SSSR count). The van der Waals surface area contributed by atoms with Crippen LogP contribution in [0.5, 0.6) is 5.75 Å². The monoisotopic (exact) mass is 452 g/mol. The summed E-state index contributed by atoms with van der Waals surface area (Å²) in [6, 6.07) is 7.37. The van der Waals surface area contributed by atoms with E-state index in [0.717, 1.165) is 49.7 Å². The summed E-state index contributed by atoms with van der Waals surface area (Å²) in [5, 5.41) is 0. The Kier molecular flexibility index (Phi) is 7.06. The SMILES string of the molecule is Fc1cc([C@H]2CC[C@H](CCC3CCCC3)CC2)cc(F)c1-c1ccc(OC(F)(F)F)cc1. The van der Waals surface area contributed by atoms with Gasteiger partial charge in [0.2, 0.25) is 0 Å². The minimum Gasteiger partial charge on any atom is -0.406 e. The molecule has 0 spiro atoms. The number of benzene rings is 2. The van der Waals surface area contributed by atoms with Gasteiger partial charge in [0.25, 0.3) is 0 Å². The number of halogens is 5. The number of ether oxygens (including phenoxy) is 1. The first-order chi connectivity index (χ1) is 15.3. The molecule has 0 heterocycles. The van der Waals surface area contributed by atoms with Crippen LogP contribution in [0.2, 0.25) is 0 Å². The van der Waals surface area contributed by atoms with E-state index in [2.05, 4.69) is 4.74 Å². The molecule has 2 fully saturated rings. The van der Waals surface area contributed by atoms with Crippen molar-refractivity contribution in [3.63, 3.8) is 0 Å². The maximum atomic E-state index is 14.8. The summed E-state index contributed by atoms with van der Waals surface area (Å²) in [7, 11) is 0. The van der Waals surface area contributed by atoms with Crippen molar-refractivity contribution in [2.45, 2.75) is 76.5 Å². The van der Waals surface area contributed by atoms with E-state index in [1.54, 1.807) is 0 Å². The van der Waals surface area contributed by atoms with Gasteiger partial charge in [0.05, 0.1) is 5.56 Å². The van der Waals surface area contributed by atoms with Crippen molar-refractivity contribution < 1.29 is 26.7 Å². The molecule has 0 radical (unpaired) electrons. The van der Waals surface area contributed by atoms with Crippen molar-refractivity contribution in [1.82, 2.24) is 0 Å². The molecule has 0 N–H and O–H groups in total. The maximum Gasteiger partial charge on any atom is 0.573 e. The van der Waals surface area contributed by atoms with Gasteiger partial charge >= 0.3 is 6.36 Å². The number of alkyl halides is 3. The van der Waals surface area contributed by atoms with Crippen molar-refractivity contribution >= 4 is 0 Å². The highest BCUT2D eigenvalue weighted by atomic mass is 19.4. The molecule has 0 unspecified atom stereocenters. The van der Waals surface area contributed by atoms with Crippen LogP contribution in [0.1, 0.15) is 75.7 Å². The van der Waals surface area contributed by atoms with Gasteiger partial charge < -0.3 is 4.74 Å². The molecule has 0 aromatic heterocycles. The van der Waals surface area contributed by atoms with E-state index in [9.17, 15) is 22.0 Å². The fourth-order valence-corrected chi connectivity index (χ4v) is 5.48. The fraction of sp³-hybridized carbons (Fsp3) is 0.538. The van der Waals surface area contributed by atoms with Crippen LogP contribution in [0.3, 0.4) is 0 Å². The minimum absolute atomic E-state index is 0.151. The van der Waals surface area contributed by atoms with Crippen LogP contribution in [0, 0.1) is 23.5 Å². The van der Waals surface area contributed by atoms with Crippen molar-refractivity contribution in [1.29, 1.82) is 0 Å². The summed E-state index contributed by atoms with van der Waals surface area (Å²) < 4.78 is 70.4. The van der Waals surface area contributed by atoms with Gasteiger partial charge in [-0.15, -0.1) is 13.2 Å². The summed E-state index contributed by atoms with van der Waals surface area (Å²) in [5.41, 5.74) is 0.629. The summed E-state index contributed by atoms with van der Waals surface area (Å²) in [6.07, 6.45) is 7.35. The smallest absolute Gasteiger partial charge is 0.406 e. The maximum absolute atomic E-state index is 14.8. The summed E-state index contributed by atoms with van der Waals surface area (Å²) in [5.74, 6) is -0.0294. The van der Waals surface area contributed by atoms with Gasteiger partial charge in [-0.05, 0) is 78.8 Å². The molecule has 32 heavy (non-hydrogen) atoms. The van der Waals surface area contributed by atoms with Crippen molar-refractivity contribution in [3.8, 4) is 16.9 Å². The fourth-order valence-electron chi connectivity index (χ4n) is 5.48. The first-order valence-corrected chi connectivity index (χ1v) is 11.6. The van der Waals surface area contributed by atoms with Crippen LogP contribution in [-0.2, 0) is 0 Å². The lowest BCUT2D eigenvalue weighted by atomic mass is 9.76. The lowest BCUT2D eigenvalue weighted by Gasteiger charge is -2.29. The largest absolute Gasteiger partial charge is 0.573 e. The molecule has 0 aliphatic heterocycles. The number of hydrogen-bond acceptors (Lipinski definition) is 1. The predicted molar refractivity (Wildman–Crippen MR) is 114 cm³/mol. The van der Waals surface area contributed by atoms with E-state index >= 15 is 0 Å². The predicted octanol–water partition coefficient (Wildman–Crippen LogP) is 8.77. The van der Waals surface area contributed by atoms with Gasteiger partial charge in [-0.2, -0.15) is 0 Å². The molecule has 2 aromatic carbocycles. The molecule has 0 saturated heterocycles. The van der Waals surface area contributed by atoms with Crippen LogP contribution in [-0.4, -0.2) is 6.36 Å². The summed E-state index contributed by atoms with van der Waals surface area (Å²) >= 11 is 0. The van der Waals surface area contributed by atoms with E-state index in [-0.39, 0.29) is 17.0 Å². The molecular formula is C26H29F5O. The lowest BCUT2D eigenvalue weighted by molar-refractivity contribution is -0.274.